The third-order valence-electron chi connectivity index (χ3n) is 4.16. The van der Waals surface area contributed by atoms with Gasteiger partial charge in [0.05, 0.1) is 10.7 Å². The third-order valence-corrected chi connectivity index (χ3v) is 4.98. The predicted molar refractivity (Wildman–Crippen MR) is 115 cm³/mol. The number of ether oxygens (including phenoxy) is 1. The number of rotatable bonds is 8. The van der Waals surface area contributed by atoms with Gasteiger partial charge in [0.1, 0.15) is 12.4 Å². The number of aryl methyl sites for hydroxylation is 2. The average Bonchev–Trinajstić information content (AvgIpc) is 3.11. The second-order valence-corrected chi connectivity index (χ2v) is 7.64. The number of thiazole rings is 1. The van der Waals surface area contributed by atoms with Crippen LogP contribution in [0.4, 0.5) is 0 Å². The summed E-state index contributed by atoms with van der Waals surface area (Å²) in [5, 5.41) is 5.96. The van der Waals surface area contributed by atoms with Gasteiger partial charge in [-0.3, -0.25) is 4.79 Å². The number of nitrogens with zero attached hydrogens (tertiary/aromatic N) is 1. The topological polar surface area (TPSA) is 51.2 Å². The van der Waals surface area contributed by atoms with E-state index in [1.807, 2.05) is 42.6 Å². The zero-order valence-corrected chi connectivity index (χ0v) is 17.0. The Kier molecular flexibility index (Phi) is 6.98. The standard InChI is InChI=1S/C23H24N2O2S/c1-17-4-3-5-20(14-17)12-13-24-23(26)11-8-19-6-9-22(10-7-19)27-15-21-16-28-18(2)25-21/h3-11,14,16H,12-13,15H2,1-2H3,(H,24,26). The quantitative estimate of drug-likeness (QED) is 0.565. The van der Waals surface area contributed by atoms with Crippen molar-refractivity contribution in [1.29, 1.82) is 0 Å². The Morgan fingerprint density at radius 3 is 2.71 bits per heavy atom. The maximum atomic E-state index is 12.0. The molecule has 5 heteroatoms. The molecule has 0 radical (unpaired) electrons. The highest BCUT2D eigenvalue weighted by Gasteiger charge is 2.01. The molecule has 1 amide bonds. The molecule has 0 saturated heterocycles. The van der Waals surface area contributed by atoms with Crippen LogP contribution in [-0.4, -0.2) is 17.4 Å². The molecule has 144 valence electrons. The Labute approximate surface area is 169 Å². The number of nitrogens with one attached hydrogen (secondary N) is 1. The van der Waals surface area contributed by atoms with Crippen LogP contribution in [0.2, 0.25) is 0 Å². The van der Waals surface area contributed by atoms with Crippen molar-refractivity contribution in [1.82, 2.24) is 10.3 Å². The second-order valence-electron chi connectivity index (χ2n) is 6.58. The number of amides is 1. The van der Waals surface area contributed by atoms with Crippen LogP contribution in [0.3, 0.4) is 0 Å². The summed E-state index contributed by atoms with van der Waals surface area (Å²) < 4.78 is 5.73. The Balaban J connectivity index is 1.42. The van der Waals surface area contributed by atoms with Gasteiger partial charge in [0.25, 0.3) is 0 Å². The van der Waals surface area contributed by atoms with Crippen LogP contribution < -0.4 is 10.1 Å². The lowest BCUT2D eigenvalue weighted by Gasteiger charge is -2.05. The molecule has 4 nitrogen and oxygen atoms in total. The Hall–Kier alpha value is -2.92. The molecule has 1 heterocycles. The molecule has 0 saturated carbocycles. The molecular formula is C23H24N2O2S. The first-order valence-electron chi connectivity index (χ1n) is 9.24. The third kappa shape index (κ3) is 6.35. The van der Waals surface area contributed by atoms with Crippen molar-refractivity contribution in [2.75, 3.05) is 6.54 Å². The summed E-state index contributed by atoms with van der Waals surface area (Å²) in [4.78, 5) is 16.4. The molecule has 3 rings (SSSR count). The predicted octanol–water partition coefficient (Wildman–Crippen LogP) is 4.71. The minimum absolute atomic E-state index is 0.0909. The van der Waals surface area contributed by atoms with Crippen molar-refractivity contribution in [3.05, 3.63) is 87.4 Å². The normalized spacial score (nSPS) is 10.9. The van der Waals surface area contributed by atoms with Crippen molar-refractivity contribution in [3.8, 4) is 5.75 Å². The maximum absolute atomic E-state index is 12.0. The van der Waals surface area contributed by atoms with E-state index in [0.29, 0.717) is 13.2 Å². The molecular weight excluding hydrogens is 368 g/mol. The van der Waals surface area contributed by atoms with E-state index in [1.54, 1.807) is 23.5 Å². The summed E-state index contributed by atoms with van der Waals surface area (Å²) >= 11 is 1.62. The van der Waals surface area contributed by atoms with Gasteiger partial charge >= 0.3 is 0 Å². The molecule has 28 heavy (non-hydrogen) atoms. The summed E-state index contributed by atoms with van der Waals surface area (Å²) in [5.74, 6) is 0.692. The first-order valence-corrected chi connectivity index (χ1v) is 10.1. The lowest BCUT2D eigenvalue weighted by atomic mass is 10.1. The first kappa shape index (κ1) is 19.8. The van der Waals surface area contributed by atoms with Crippen LogP contribution in [0.25, 0.3) is 6.08 Å². The molecule has 0 bridgehead atoms. The van der Waals surface area contributed by atoms with Crippen LogP contribution in [0.1, 0.15) is 27.4 Å². The number of hydrogen-bond donors (Lipinski definition) is 1. The maximum Gasteiger partial charge on any atom is 0.244 e. The molecule has 0 aliphatic carbocycles. The average molecular weight is 393 g/mol. The van der Waals surface area contributed by atoms with Gasteiger partial charge in [0.2, 0.25) is 5.91 Å². The van der Waals surface area contributed by atoms with Crippen molar-refractivity contribution in [2.24, 2.45) is 0 Å². The van der Waals surface area contributed by atoms with E-state index in [0.717, 1.165) is 28.4 Å². The highest BCUT2D eigenvalue weighted by Crippen LogP contribution is 2.16. The van der Waals surface area contributed by atoms with Crippen molar-refractivity contribution >= 4 is 23.3 Å². The van der Waals surface area contributed by atoms with Gasteiger partial charge in [-0.15, -0.1) is 11.3 Å². The van der Waals surface area contributed by atoms with E-state index in [2.05, 4.69) is 35.4 Å². The molecule has 0 aliphatic rings. The van der Waals surface area contributed by atoms with E-state index in [-0.39, 0.29) is 5.91 Å². The Bertz CT molecular complexity index is 945. The molecule has 1 N–H and O–H groups in total. The van der Waals surface area contributed by atoms with Crippen LogP contribution in [-0.2, 0) is 17.8 Å². The summed E-state index contributed by atoms with van der Waals surface area (Å²) in [6.07, 6.45) is 4.19. The smallest absolute Gasteiger partial charge is 0.244 e. The molecule has 1 aromatic heterocycles. The molecule has 0 spiro atoms. The minimum Gasteiger partial charge on any atom is -0.487 e. The van der Waals surface area contributed by atoms with Crippen LogP contribution in [0.5, 0.6) is 5.75 Å². The zero-order valence-electron chi connectivity index (χ0n) is 16.1. The van der Waals surface area contributed by atoms with Gasteiger partial charge in [-0.05, 0) is 49.6 Å². The van der Waals surface area contributed by atoms with Crippen LogP contribution in [0.15, 0.2) is 60.0 Å². The Morgan fingerprint density at radius 1 is 1.18 bits per heavy atom. The van der Waals surface area contributed by atoms with Gasteiger partial charge < -0.3 is 10.1 Å². The second kappa shape index (κ2) is 9.85. The molecule has 2 aromatic carbocycles. The zero-order chi connectivity index (χ0) is 19.8. The van der Waals surface area contributed by atoms with Gasteiger partial charge in [0, 0.05) is 18.0 Å². The van der Waals surface area contributed by atoms with Gasteiger partial charge in [-0.1, -0.05) is 42.0 Å². The molecule has 0 aliphatic heterocycles. The van der Waals surface area contributed by atoms with Gasteiger partial charge in [-0.25, -0.2) is 4.98 Å². The molecule has 0 unspecified atom stereocenters. The fraction of sp³-hybridized carbons (Fsp3) is 0.217. The van der Waals surface area contributed by atoms with E-state index in [4.69, 9.17) is 4.74 Å². The fourth-order valence-electron chi connectivity index (χ4n) is 2.74. The highest BCUT2D eigenvalue weighted by atomic mass is 32.1. The highest BCUT2D eigenvalue weighted by molar-refractivity contribution is 7.09. The summed E-state index contributed by atoms with van der Waals surface area (Å²) in [6.45, 7) is 5.13. The van der Waals surface area contributed by atoms with E-state index >= 15 is 0 Å². The lowest BCUT2D eigenvalue weighted by Crippen LogP contribution is -2.23. The Morgan fingerprint density at radius 2 is 2.00 bits per heavy atom. The van der Waals surface area contributed by atoms with E-state index < -0.39 is 0 Å². The summed E-state index contributed by atoms with van der Waals surface area (Å²) in [7, 11) is 0. The SMILES string of the molecule is Cc1cccc(CCNC(=O)C=Cc2ccc(OCc3csc(C)n3)cc2)c1. The molecule has 0 fully saturated rings. The van der Waals surface area contributed by atoms with Gasteiger partial charge in [-0.2, -0.15) is 0 Å². The first-order chi connectivity index (χ1) is 13.6. The molecule has 3 aromatic rings. The van der Waals surface area contributed by atoms with Crippen molar-refractivity contribution < 1.29 is 9.53 Å². The monoisotopic (exact) mass is 392 g/mol. The minimum atomic E-state index is -0.0909. The van der Waals surface area contributed by atoms with Gasteiger partial charge in [0.15, 0.2) is 0 Å². The van der Waals surface area contributed by atoms with Crippen molar-refractivity contribution in [3.63, 3.8) is 0 Å². The number of aromatic nitrogens is 1. The number of hydrogen-bond acceptors (Lipinski definition) is 4. The summed E-state index contributed by atoms with van der Waals surface area (Å²) in [5.41, 5.74) is 4.35. The van der Waals surface area contributed by atoms with Crippen LogP contribution in [0, 0.1) is 13.8 Å². The number of carbonyl (C=O) groups excluding carboxylic acids is 1. The number of benzene rings is 2. The largest absolute Gasteiger partial charge is 0.487 e. The van der Waals surface area contributed by atoms with Crippen molar-refractivity contribution in [2.45, 2.75) is 26.9 Å². The lowest BCUT2D eigenvalue weighted by molar-refractivity contribution is -0.116. The fourth-order valence-corrected chi connectivity index (χ4v) is 3.33. The molecule has 0 atom stereocenters. The number of carbonyl (C=O) groups is 1. The van der Waals surface area contributed by atoms with E-state index in [1.165, 1.54) is 11.1 Å². The van der Waals surface area contributed by atoms with E-state index in [9.17, 15) is 4.79 Å². The van der Waals surface area contributed by atoms with Crippen LogP contribution >= 0.6 is 11.3 Å². The summed E-state index contributed by atoms with van der Waals surface area (Å²) in [6, 6.07) is 16.0.